The minimum absolute atomic E-state index is 0.0939. The molecular weight excluding hydrogens is 426 g/mol. The zero-order valence-corrected chi connectivity index (χ0v) is 18.4. The number of hydrogen-bond acceptors (Lipinski definition) is 6. The van der Waals surface area contributed by atoms with Crippen LogP contribution in [0.15, 0.2) is 71.8 Å². The van der Waals surface area contributed by atoms with E-state index in [9.17, 15) is 9.59 Å². The molecule has 164 valence electrons. The van der Waals surface area contributed by atoms with Gasteiger partial charge in [0, 0.05) is 4.88 Å². The van der Waals surface area contributed by atoms with E-state index in [0.717, 1.165) is 16.2 Å². The van der Waals surface area contributed by atoms with Crippen LogP contribution in [-0.4, -0.2) is 35.2 Å². The lowest BCUT2D eigenvalue weighted by Crippen LogP contribution is -2.34. The highest BCUT2D eigenvalue weighted by atomic mass is 32.1. The summed E-state index contributed by atoms with van der Waals surface area (Å²) >= 11 is 1.38. The average Bonchev–Trinajstić information content (AvgIpc) is 3.26. The zero-order chi connectivity index (χ0) is 22.3. The molecule has 4 rings (SSSR count). The van der Waals surface area contributed by atoms with Gasteiger partial charge in [-0.1, -0.05) is 30.3 Å². The van der Waals surface area contributed by atoms with Gasteiger partial charge in [0.2, 0.25) is 5.91 Å². The number of aromatic nitrogens is 2. The van der Waals surface area contributed by atoms with Crippen molar-refractivity contribution in [3.8, 4) is 21.9 Å². The third-order valence-corrected chi connectivity index (χ3v) is 5.87. The monoisotopic (exact) mass is 449 g/mol. The van der Waals surface area contributed by atoms with Gasteiger partial charge < -0.3 is 14.8 Å². The van der Waals surface area contributed by atoms with Gasteiger partial charge in [-0.15, -0.1) is 11.3 Å². The van der Waals surface area contributed by atoms with E-state index in [4.69, 9.17) is 9.47 Å². The Morgan fingerprint density at radius 3 is 2.50 bits per heavy atom. The Labute approximate surface area is 189 Å². The van der Waals surface area contributed by atoms with Crippen molar-refractivity contribution in [3.05, 3.63) is 77.3 Å². The molecule has 1 amide bonds. The van der Waals surface area contributed by atoms with Gasteiger partial charge >= 0.3 is 0 Å². The second-order valence-corrected chi connectivity index (χ2v) is 8.02. The molecule has 0 fully saturated rings. The largest absolute Gasteiger partial charge is 0.494 e. The number of fused-ring (bicyclic) bond motifs is 1. The van der Waals surface area contributed by atoms with Crippen molar-refractivity contribution in [1.82, 2.24) is 14.9 Å². The van der Waals surface area contributed by atoms with Crippen LogP contribution in [0, 0.1) is 0 Å². The van der Waals surface area contributed by atoms with Crippen molar-refractivity contribution in [2.24, 2.45) is 0 Å². The number of hydrogen-bond donors (Lipinski definition) is 1. The number of carbonyl (C=O) groups is 1. The first-order valence-electron chi connectivity index (χ1n) is 10.3. The SMILES string of the molecule is CCOc1ccc(OCCNC(=O)Cn2cnc3cc(-c4ccccc4)sc3c2=O)cc1. The fourth-order valence-electron chi connectivity index (χ4n) is 3.17. The summed E-state index contributed by atoms with van der Waals surface area (Å²) in [6, 6.07) is 19.0. The maximum Gasteiger partial charge on any atom is 0.271 e. The molecule has 32 heavy (non-hydrogen) atoms. The molecule has 0 radical (unpaired) electrons. The van der Waals surface area contributed by atoms with Gasteiger partial charge in [0.15, 0.2) is 0 Å². The van der Waals surface area contributed by atoms with Crippen LogP contribution in [-0.2, 0) is 11.3 Å². The van der Waals surface area contributed by atoms with Gasteiger partial charge in [-0.25, -0.2) is 4.98 Å². The summed E-state index contributed by atoms with van der Waals surface area (Å²) in [5.41, 5.74) is 1.45. The maximum atomic E-state index is 12.8. The minimum atomic E-state index is -0.275. The second-order valence-electron chi connectivity index (χ2n) is 6.97. The third kappa shape index (κ3) is 5.15. The fraction of sp³-hybridized carbons (Fsp3) is 0.208. The predicted molar refractivity (Wildman–Crippen MR) is 125 cm³/mol. The van der Waals surface area contributed by atoms with Crippen molar-refractivity contribution in [2.45, 2.75) is 13.5 Å². The minimum Gasteiger partial charge on any atom is -0.494 e. The van der Waals surface area contributed by atoms with E-state index in [-0.39, 0.29) is 18.0 Å². The summed E-state index contributed by atoms with van der Waals surface area (Å²) in [6.45, 7) is 3.09. The molecule has 0 saturated heterocycles. The van der Waals surface area contributed by atoms with Gasteiger partial charge in [-0.05, 0) is 42.8 Å². The summed E-state index contributed by atoms with van der Waals surface area (Å²) < 4.78 is 12.9. The third-order valence-electron chi connectivity index (χ3n) is 4.70. The molecule has 2 aromatic carbocycles. The first-order chi connectivity index (χ1) is 15.6. The Balaban J connectivity index is 1.32. The van der Waals surface area contributed by atoms with E-state index in [1.807, 2.05) is 67.6 Å². The highest BCUT2D eigenvalue weighted by Crippen LogP contribution is 2.30. The number of carbonyl (C=O) groups excluding carboxylic acids is 1. The topological polar surface area (TPSA) is 82.4 Å². The van der Waals surface area contributed by atoms with Crippen molar-refractivity contribution < 1.29 is 14.3 Å². The molecule has 7 nitrogen and oxygen atoms in total. The Bertz CT molecular complexity index is 1250. The van der Waals surface area contributed by atoms with Crippen LogP contribution in [0.25, 0.3) is 20.7 Å². The molecule has 0 bridgehead atoms. The molecule has 1 N–H and O–H groups in total. The standard InChI is InChI=1S/C24H23N3O4S/c1-2-30-18-8-10-19(11-9-18)31-13-12-25-22(28)15-27-16-26-20-14-21(32-23(20)24(27)29)17-6-4-3-5-7-17/h3-11,14,16H,2,12-13,15H2,1H3,(H,25,28). The molecule has 0 aliphatic heterocycles. The van der Waals surface area contributed by atoms with E-state index in [0.29, 0.717) is 35.7 Å². The number of nitrogens with one attached hydrogen (secondary N) is 1. The molecule has 8 heteroatoms. The average molecular weight is 450 g/mol. The molecular formula is C24H23N3O4S. The molecule has 0 unspecified atom stereocenters. The van der Waals surface area contributed by atoms with Crippen LogP contribution in [0.1, 0.15) is 6.92 Å². The Morgan fingerprint density at radius 2 is 1.78 bits per heavy atom. The van der Waals surface area contributed by atoms with Gasteiger partial charge in [-0.2, -0.15) is 0 Å². The molecule has 4 aromatic rings. The van der Waals surface area contributed by atoms with Gasteiger partial charge in [0.05, 0.1) is 25.0 Å². The molecule has 0 atom stereocenters. The van der Waals surface area contributed by atoms with Crippen LogP contribution in [0.4, 0.5) is 0 Å². The van der Waals surface area contributed by atoms with Crippen LogP contribution in [0.5, 0.6) is 11.5 Å². The van der Waals surface area contributed by atoms with Crippen molar-refractivity contribution >= 4 is 27.5 Å². The number of rotatable bonds is 9. The zero-order valence-electron chi connectivity index (χ0n) is 17.6. The van der Waals surface area contributed by atoms with Crippen LogP contribution >= 0.6 is 11.3 Å². The second kappa shape index (κ2) is 10.1. The number of benzene rings is 2. The lowest BCUT2D eigenvalue weighted by atomic mass is 10.2. The van der Waals surface area contributed by atoms with E-state index in [1.165, 1.54) is 22.2 Å². The predicted octanol–water partition coefficient (Wildman–Crippen LogP) is 3.72. The number of thiophene rings is 1. The lowest BCUT2D eigenvalue weighted by molar-refractivity contribution is -0.121. The molecule has 0 spiro atoms. The number of ether oxygens (including phenoxy) is 2. The summed E-state index contributed by atoms with van der Waals surface area (Å²) in [7, 11) is 0. The summed E-state index contributed by atoms with van der Waals surface area (Å²) in [5.74, 6) is 1.20. The quantitative estimate of drug-likeness (QED) is 0.394. The van der Waals surface area contributed by atoms with Gasteiger partial charge in [-0.3, -0.25) is 14.2 Å². The Morgan fingerprint density at radius 1 is 1.06 bits per heavy atom. The van der Waals surface area contributed by atoms with Crippen LogP contribution in [0.3, 0.4) is 0 Å². The highest BCUT2D eigenvalue weighted by molar-refractivity contribution is 7.22. The van der Waals surface area contributed by atoms with Crippen molar-refractivity contribution in [1.29, 1.82) is 0 Å². The van der Waals surface area contributed by atoms with E-state index < -0.39 is 0 Å². The summed E-state index contributed by atoms with van der Waals surface area (Å²) in [4.78, 5) is 30.4. The highest BCUT2D eigenvalue weighted by Gasteiger charge is 2.12. The van der Waals surface area contributed by atoms with E-state index in [1.54, 1.807) is 0 Å². The van der Waals surface area contributed by atoms with Crippen LogP contribution in [0.2, 0.25) is 0 Å². The number of amides is 1. The smallest absolute Gasteiger partial charge is 0.271 e. The fourth-order valence-corrected chi connectivity index (χ4v) is 4.24. The number of nitrogens with zero attached hydrogens (tertiary/aromatic N) is 2. The molecule has 0 saturated carbocycles. The maximum absolute atomic E-state index is 12.8. The van der Waals surface area contributed by atoms with Crippen molar-refractivity contribution in [3.63, 3.8) is 0 Å². The first kappa shape index (κ1) is 21.6. The van der Waals surface area contributed by atoms with E-state index >= 15 is 0 Å². The summed E-state index contributed by atoms with van der Waals surface area (Å²) in [6.07, 6.45) is 1.42. The van der Waals surface area contributed by atoms with E-state index in [2.05, 4.69) is 10.3 Å². The molecule has 2 heterocycles. The Kier molecular flexibility index (Phi) is 6.81. The molecule has 2 aromatic heterocycles. The van der Waals surface area contributed by atoms with Gasteiger partial charge in [0.25, 0.3) is 5.56 Å². The normalized spacial score (nSPS) is 10.8. The molecule has 0 aliphatic rings. The Hall–Kier alpha value is -3.65. The van der Waals surface area contributed by atoms with Gasteiger partial charge in [0.1, 0.15) is 29.4 Å². The van der Waals surface area contributed by atoms with Crippen molar-refractivity contribution in [2.75, 3.05) is 19.8 Å². The first-order valence-corrected chi connectivity index (χ1v) is 11.1. The lowest BCUT2D eigenvalue weighted by Gasteiger charge is -2.09. The van der Waals surface area contributed by atoms with Crippen LogP contribution < -0.4 is 20.3 Å². The summed E-state index contributed by atoms with van der Waals surface area (Å²) in [5, 5.41) is 2.77. The molecule has 0 aliphatic carbocycles.